The molecule has 30 heavy (non-hydrogen) atoms. The van der Waals surface area contributed by atoms with Gasteiger partial charge < -0.3 is 21.1 Å². The first kappa shape index (κ1) is 23.8. The molecule has 1 saturated heterocycles. The highest BCUT2D eigenvalue weighted by Crippen LogP contribution is 2.22. The molecule has 3 rings (SSSR count). The second-order valence-corrected chi connectivity index (χ2v) is 7.23. The van der Waals surface area contributed by atoms with Crippen molar-refractivity contribution in [2.24, 2.45) is 5.73 Å². The number of benzene rings is 2. The number of nitrogens with two attached hydrogens (primary N) is 1. The van der Waals surface area contributed by atoms with Crippen LogP contribution in [0.4, 0.5) is 10.1 Å². The first-order valence-electron chi connectivity index (χ1n) is 9.75. The van der Waals surface area contributed by atoms with Crippen LogP contribution in [0.1, 0.15) is 36.9 Å². The van der Waals surface area contributed by atoms with Gasteiger partial charge in [0.2, 0.25) is 11.8 Å². The quantitative estimate of drug-likeness (QED) is 0.623. The minimum atomic E-state index is -0.477. The van der Waals surface area contributed by atoms with Crippen molar-refractivity contribution >= 4 is 29.9 Å². The molecular formula is C22H27ClFN3O3. The van der Waals surface area contributed by atoms with Gasteiger partial charge >= 0.3 is 0 Å². The molecule has 1 aliphatic rings. The lowest BCUT2D eigenvalue weighted by atomic mass is 10.1. The summed E-state index contributed by atoms with van der Waals surface area (Å²) in [5, 5.41) is 5.72. The Hall–Kier alpha value is -2.48. The highest BCUT2D eigenvalue weighted by molar-refractivity contribution is 5.92. The second kappa shape index (κ2) is 11.1. The molecule has 1 fully saturated rings. The highest BCUT2D eigenvalue weighted by Gasteiger charge is 2.30. The molecule has 2 aromatic rings. The van der Waals surface area contributed by atoms with Crippen LogP contribution >= 0.6 is 12.4 Å². The highest BCUT2D eigenvalue weighted by atomic mass is 35.5. The molecule has 2 amide bonds. The van der Waals surface area contributed by atoms with E-state index in [2.05, 4.69) is 10.6 Å². The first-order valence-corrected chi connectivity index (χ1v) is 9.75. The van der Waals surface area contributed by atoms with Gasteiger partial charge in [-0.25, -0.2) is 4.39 Å². The predicted molar refractivity (Wildman–Crippen MR) is 116 cm³/mol. The van der Waals surface area contributed by atoms with Crippen LogP contribution in [0.3, 0.4) is 0 Å². The predicted octanol–water partition coefficient (Wildman–Crippen LogP) is 3.11. The molecule has 2 aromatic carbocycles. The third kappa shape index (κ3) is 6.26. The number of nitrogens with one attached hydrogen (secondary N) is 2. The molecule has 0 aromatic heterocycles. The molecule has 0 spiro atoms. The number of rotatable bonds is 7. The SMILES string of the molecule is CC(NC(=O)[C@@H]1CC[C@H](CN)O1)c1cccc(NC(=O)Cc2ccccc2F)c1.Cl. The van der Waals surface area contributed by atoms with E-state index in [1.807, 2.05) is 13.0 Å². The fraction of sp³-hybridized carbons (Fsp3) is 0.364. The van der Waals surface area contributed by atoms with Crippen molar-refractivity contribution in [1.82, 2.24) is 5.32 Å². The fourth-order valence-corrected chi connectivity index (χ4v) is 3.37. The third-order valence-electron chi connectivity index (χ3n) is 5.00. The van der Waals surface area contributed by atoms with Gasteiger partial charge in [-0.1, -0.05) is 30.3 Å². The van der Waals surface area contributed by atoms with Gasteiger partial charge in [-0.05, 0) is 49.1 Å². The normalized spacial score (nSPS) is 18.9. The lowest BCUT2D eigenvalue weighted by Gasteiger charge is -2.18. The number of carbonyl (C=O) groups is 2. The lowest BCUT2D eigenvalue weighted by Crippen LogP contribution is -2.37. The van der Waals surface area contributed by atoms with Gasteiger partial charge in [0.1, 0.15) is 11.9 Å². The Balaban J connectivity index is 0.00000320. The topological polar surface area (TPSA) is 93.5 Å². The maximum absolute atomic E-state index is 13.7. The van der Waals surface area contributed by atoms with Gasteiger partial charge in [-0.15, -0.1) is 12.4 Å². The average Bonchev–Trinajstić information content (AvgIpc) is 3.19. The standard InChI is InChI=1S/C22H26FN3O3.ClH/c1-14(25-22(28)20-10-9-18(13-24)29-20)15-6-4-7-17(11-15)26-21(27)12-16-5-2-3-8-19(16)23;/h2-8,11,14,18,20H,9-10,12-13,24H2,1H3,(H,25,28)(H,26,27);1H/t14?,18-,20+;/m1./s1. The van der Waals surface area contributed by atoms with Crippen LogP contribution in [0.25, 0.3) is 0 Å². The summed E-state index contributed by atoms with van der Waals surface area (Å²) in [7, 11) is 0. The Morgan fingerprint density at radius 2 is 1.97 bits per heavy atom. The Morgan fingerprint density at radius 1 is 1.20 bits per heavy atom. The van der Waals surface area contributed by atoms with Crippen molar-refractivity contribution in [3.63, 3.8) is 0 Å². The van der Waals surface area contributed by atoms with Crippen molar-refractivity contribution in [2.75, 3.05) is 11.9 Å². The van der Waals surface area contributed by atoms with Crippen LogP contribution < -0.4 is 16.4 Å². The molecule has 4 N–H and O–H groups in total. The minimum Gasteiger partial charge on any atom is -0.364 e. The Morgan fingerprint density at radius 3 is 2.67 bits per heavy atom. The first-order chi connectivity index (χ1) is 14.0. The van der Waals surface area contributed by atoms with Crippen LogP contribution in [0.15, 0.2) is 48.5 Å². The van der Waals surface area contributed by atoms with Gasteiger partial charge in [0.05, 0.1) is 18.6 Å². The third-order valence-corrected chi connectivity index (χ3v) is 5.00. The summed E-state index contributed by atoms with van der Waals surface area (Å²) in [4.78, 5) is 24.7. The Bertz CT molecular complexity index is 880. The zero-order chi connectivity index (χ0) is 20.8. The molecule has 6 nitrogen and oxygen atoms in total. The number of hydrogen-bond donors (Lipinski definition) is 3. The molecule has 8 heteroatoms. The van der Waals surface area contributed by atoms with Crippen molar-refractivity contribution < 1.29 is 18.7 Å². The van der Waals surface area contributed by atoms with E-state index in [0.717, 1.165) is 12.0 Å². The molecule has 1 heterocycles. The molecule has 162 valence electrons. The van der Waals surface area contributed by atoms with Gasteiger partial charge in [0.25, 0.3) is 0 Å². The van der Waals surface area contributed by atoms with Crippen LogP contribution in [0.5, 0.6) is 0 Å². The fourth-order valence-electron chi connectivity index (χ4n) is 3.37. The Labute approximate surface area is 181 Å². The van der Waals surface area contributed by atoms with E-state index in [1.54, 1.807) is 36.4 Å². The maximum atomic E-state index is 13.7. The van der Waals surface area contributed by atoms with E-state index in [0.29, 0.717) is 24.2 Å². The number of hydrogen-bond acceptors (Lipinski definition) is 4. The molecule has 0 aliphatic carbocycles. The minimum absolute atomic E-state index is 0. The van der Waals surface area contributed by atoms with Crippen LogP contribution in [-0.4, -0.2) is 30.6 Å². The van der Waals surface area contributed by atoms with E-state index < -0.39 is 11.9 Å². The Kier molecular flexibility index (Phi) is 8.77. The summed E-state index contributed by atoms with van der Waals surface area (Å²) >= 11 is 0. The van der Waals surface area contributed by atoms with Crippen molar-refractivity contribution in [2.45, 2.75) is 44.4 Å². The maximum Gasteiger partial charge on any atom is 0.249 e. The molecule has 0 radical (unpaired) electrons. The summed E-state index contributed by atoms with van der Waals surface area (Å²) in [6, 6.07) is 13.2. The molecule has 0 saturated carbocycles. The summed E-state index contributed by atoms with van der Waals surface area (Å²) in [5.41, 5.74) is 7.36. The van der Waals surface area contributed by atoms with Crippen molar-refractivity contribution in [1.29, 1.82) is 0 Å². The molecule has 3 atom stereocenters. The monoisotopic (exact) mass is 435 g/mol. The van der Waals surface area contributed by atoms with E-state index in [4.69, 9.17) is 10.5 Å². The molecular weight excluding hydrogens is 409 g/mol. The van der Waals surface area contributed by atoms with Crippen LogP contribution in [0.2, 0.25) is 0 Å². The summed E-state index contributed by atoms with van der Waals surface area (Å²) in [6.07, 6.45) is 0.854. The van der Waals surface area contributed by atoms with Crippen molar-refractivity contribution in [3.8, 4) is 0 Å². The zero-order valence-electron chi connectivity index (χ0n) is 16.8. The second-order valence-electron chi connectivity index (χ2n) is 7.23. The number of anilines is 1. The van der Waals surface area contributed by atoms with Crippen molar-refractivity contribution in [3.05, 3.63) is 65.5 Å². The van der Waals surface area contributed by atoms with E-state index in [-0.39, 0.29) is 42.8 Å². The number of carbonyl (C=O) groups excluding carboxylic acids is 2. The molecule has 0 bridgehead atoms. The van der Waals surface area contributed by atoms with Gasteiger partial charge in [0.15, 0.2) is 0 Å². The van der Waals surface area contributed by atoms with Gasteiger partial charge in [-0.2, -0.15) is 0 Å². The number of halogens is 2. The summed E-state index contributed by atoms with van der Waals surface area (Å²) in [6.45, 7) is 2.28. The summed E-state index contributed by atoms with van der Waals surface area (Å²) < 4.78 is 19.3. The zero-order valence-corrected chi connectivity index (χ0v) is 17.6. The number of amides is 2. The van der Waals surface area contributed by atoms with Gasteiger partial charge in [0, 0.05) is 12.2 Å². The lowest BCUT2D eigenvalue weighted by molar-refractivity contribution is -0.132. The smallest absolute Gasteiger partial charge is 0.249 e. The van der Waals surface area contributed by atoms with Crippen LogP contribution in [0, 0.1) is 5.82 Å². The molecule has 1 unspecified atom stereocenters. The van der Waals surface area contributed by atoms with E-state index >= 15 is 0 Å². The summed E-state index contributed by atoms with van der Waals surface area (Å²) in [5.74, 6) is -0.877. The molecule has 1 aliphatic heterocycles. The largest absolute Gasteiger partial charge is 0.364 e. The van der Waals surface area contributed by atoms with E-state index in [1.165, 1.54) is 6.07 Å². The number of ether oxygens (including phenoxy) is 1. The average molecular weight is 436 g/mol. The van der Waals surface area contributed by atoms with E-state index in [9.17, 15) is 14.0 Å². The van der Waals surface area contributed by atoms with Gasteiger partial charge in [-0.3, -0.25) is 9.59 Å². The van der Waals surface area contributed by atoms with Crippen LogP contribution in [-0.2, 0) is 20.7 Å².